The lowest BCUT2D eigenvalue weighted by atomic mass is 10.1. The number of fused-ring (bicyclic) bond motifs is 1. The number of aliphatic hydroxyl groups excluding tert-OH is 1. The minimum atomic E-state index is -0.524. The van der Waals surface area contributed by atoms with Gasteiger partial charge in [-0.2, -0.15) is 0 Å². The molecule has 96 valence electrons. The minimum Gasteiger partial charge on any atom is -0.389 e. The average Bonchev–Trinajstić information content (AvgIpc) is 2.31. The molecule has 0 radical (unpaired) electrons. The average molecular weight is 263 g/mol. The van der Waals surface area contributed by atoms with Gasteiger partial charge in [-0.3, -0.25) is 4.79 Å². The van der Waals surface area contributed by atoms with Crippen LogP contribution in [0, 0.1) is 0 Å². The molecule has 0 saturated carbocycles. The predicted molar refractivity (Wildman–Crippen MR) is 75.0 cm³/mol. The van der Waals surface area contributed by atoms with E-state index in [4.69, 9.17) is 0 Å². The van der Waals surface area contributed by atoms with Crippen molar-refractivity contribution in [3.63, 3.8) is 0 Å². The van der Waals surface area contributed by atoms with Gasteiger partial charge in [0.15, 0.2) is 0 Å². The molecule has 0 aromatic heterocycles. The van der Waals surface area contributed by atoms with E-state index in [1.807, 2.05) is 25.1 Å². The van der Waals surface area contributed by atoms with Crippen LogP contribution >= 0.6 is 11.8 Å². The summed E-state index contributed by atoms with van der Waals surface area (Å²) in [7, 11) is 0. The summed E-state index contributed by atoms with van der Waals surface area (Å²) in [6.07, 6.45) is -0.524. The van der Waals surface area contributed by atoms with Crippen LogP contribution in [0.4, 0.5) is 5.69 Å². The number of benzene rings is 1. The number of hydrogen-bond donors (Lipinski definition) is 1. The van der Waals surface area contributed by atoms with E-state index >= 15 is 0 Å². The van der Waals surface area contributed by atoms with Crippen molar-refractivity contribution in [3.05, 3.63) is 35.9 Å². The second-order valence-electron chi connectivity index (χ2n) is 4.63. The molecule has 0 saturated heterocycles. The second kappa shape index (κ2) is 5.16. The van der Waals surface area contributed by atoms with E-state index in [2.05, 4.69) is 6.58 Å². The highest BCUT2D eigenvalue weighted by atomic mass is 32.2. The first-order valence-electron chi connectivity index (χ1n) is 5.88. The van der Waals surface area contributed by atoms with E-state index in [0.29, 0.717) is 12.3 Å². The van der Waals surface area contributed by atoms with Crippen molar-refractivity contribution in [2.75, 3.05) is 17.2 Å². The summed E-state index contributed by atoms with van der Waals surface area (Å²) >= 11 is 1.55. The van der Waals surface area contributed by atoms with Gasteiger partial charge in [0.05, 0.1) is 17.5 Å². The Morgan fingerprint density at radius 2 is 2.33 bits per heavy atom. The normalized spacial score (nSPS) is 16.4. The summed E-state index contributed by atoms with van der Waals surface area (Å²) in [5.74, 6) is 0.562. The van der Waals surface area contributed by atoms with Crippen LogP contribution < -0.4 is 4.90 Å². The monoisotopic (exact) mass is 263 g/mol. The van der Waals surface area contributed by atoms with Crippen molar-refractivity contribution in [2.45, 2.75) is 24.8 Å². The van der Waals surface area contributed by atoms with Crippen LogP contribution in [0.3, 0.4) is 0 Å². The third kappa shape index (κ3) is 2.60. The smallest absolute Gasteiger partial charge is 0.237 e. The van der Waals surface area contributed by atoms with Crippen molar-refractivity contribution in [3.8, 4) is 0 Å². The summed E-state index contributed by atoms with van der Waals surface area (Å²) in [4.78, 5) is 14.8. The van der Waals surface area contributed by atoms with Gasteiger partial charge in [-0.15, -0.1) is 11.8 Å². The Morgan fingerprint density at radius 1 is 1.61 bits per heavy atom. The zero-order valence-corrected chi connectivity index (χ0v) is 11.5. The van der Waals surface area contributed by atoms with Gasteiger partial charge in [0.25, 0.3) is 0 Å². The Morgan fingerprint density at radius 3 is 2.94 bits per heavy atom. The van der Waals surface area contributed by atoms with Gasteiger partial charge in [-0.1, -0.05) is 18.2 Å². The molecule has 1 atom stereocenters. The summed E-state index contributed by atoms with van der Waals surface area (Å²) in [6.45, 7) is 8.04. The number of thioether (sulfide) groups is 1. The fraction of sp³-hybridized carbons (Fsp3) is 0.357. The van der Waals surface area contributed by atoms with E-state index in [1.165, 1.54) is 0 Å². The standard InChI is InChI=1S/C14H17NO2S/c1-9(2)7-15-12-6-11(10(3)16)4-5-13(12)18-8-14(15)17/h4-6,10,16H,1,7-8H2,2-3H3. The third-order valence-electron chi connectivity index (χ3n) is 2.84. The fourth-order valence-electron chi connectivity index (χ4n) is 1.92. The van der Waals surface area contributed by atoms with Crippen molar-refractivity contribution >= 4 is 23.4 Å². The summed E-state index contributed by atoms with van der Waals surface area (Å²) in [6, 6.07) is 5.78. The molecule has 0 aliphatic carbocycles. The van der Waals surface area contributed by atoms with Gasteiger partial charge in [-0.05, 0) is 31.5 Å². The topological polar surface area (TPSA) is 40.5 Å². The first kappa shape index (κ1) is 13.2. The van der Waals surface area contributed by atoms with Crippen molar-refractivity contribution in [2.24, 2.45) is 0 Å². The molecule has 0 fully saturated rings. The highest BCUT2D eigenvalue weighted by Crippen LogP contribution is 2.37. The fourth-order valence-corrected chi connectivity index (χ4v) is 2.84. The minimum absolute atomic E-state index is 0.0956. The van der Waals surface area contributed by atoms with Crippen molar-refractivity contribution in [1.82, 2.24) is 0 Å². The first-order valence-corrected chi connectivity index (χ1v) is 6.87. The Balaban J connectivity index is 2.43. The SMILES string of the molecule is C=C(C)CN1C(=O)CSc2ccc(C(C)O)cc21. The zero-order chi connectivity index (χ0) is 13.3. The molecule has 1 heterocycles. The third-order valence-corrected chi connectivity index (χ3v) is 3.88. The van der Waals surface area contributed by atoms with E-state index in [-0.39, 0.29) is 5.91 Å². The van der Waals surface area contributed by atoms with Gasteiger partial charge < -0.3 is 10.0 Å². The molecular weight excluding hydrogens is 246 g/mol. The molecule has 1 aliphatic rings. The molecule has 1 aromatic rings. The van der Waals surface area contributed by atoms with Crippen LogP contribution in [-0.4, -0.2) is 23.3 Å². The Hall–Kier alpha value is -1.26. The van der Waals surface area contributed by atoms with E-state index in [0.717, 1.165) is 21.7 Å². The van der Waals surface area contributed by atoms with Gasteiger partial charge in [0.2, 0.25) is 5.91 Å². The summed E-state index contributed by atoms with van der Waals surface area (Å²) < 4.78 is 0. The lowest BCUT2D eigenvalue weighted by molar-refractivity contribution is -0.116. The summed E-state index contributed by atoms with van der Waals surface area (Å²) in [5.41, 5.74) is 2.66. The van der Waals surface area contributed by atoms with E-state index in [1.54, 1.807) is 23.6 Å². The van der Waals surface area contributed by atoms with Crippen LogP contribution in [0.15, 0.2) is 35.2 Å². The molecule has 1 unspecified atom stereocenters. The Kier molecular flexibility index (Phi) is 3.78. The Bertz CT molecular complexity index is 497. The van der Waals surface area contributed by atoms with Gasteiger partial charge in [-0.25, -0.2) is 0 Å². The molecule has 18 heavy (non-hydrogen) atoms. The van der Waals surface area contributed by atoms with Crippen molar-refractivity contribution in [1.29, 1.82) is 0 Å². The van der Waals surface area contributed by atoms with Gasteiger partial charge >= 0.3 is 0 Å². The van der Waals surface area contributed by atoms with Crippen LogP contribution in [-0.2, 0) is 4.79 Å². The highest BCUT2D eigenvalue weighted by molar-refractivity contribution is 8.00. The quantitative estimate of drug-likeness (QED) is 0.852. The number of carbonyl (C=O) groups excluding carboxylic acids is 1. The second-order valence-corrected chi connectivity index (χ2v) is 5.65. The van der Waals surface area contributed by atoms with Crippen molar-refractivity contribution < 1.29 is 9.90 Å². The van der Waals surface area contributed by atoms with Crippen LogP contribution in [0.1, 0.15) is 25.5 Å². The van der Waals surface area contributed by atoms with Crippen LogP contribution in [0.25, 0.3) is 0 Å². The highest BCUT2D eigenvalue weighted by Gasteiger charge is 2.25. The molecule has 1 aliphatic heterocycles. The van der Waals surface area contributed by atoms with E-state index < -0.39 is 6.10 Å². The predicted octanol–water partition coefficient (Wildman–Crippen LogP) is 2.75. The molecule has 3 nitrogen and oxygen atoms in total. The van der Waals surface area contributed by atoms with Crippen LogP contribution in [0.2, 0.25) is 0 Å². The van der Waals surface area contributed by atoms with Gasteiger partial charge in [0, 0.05) is 11.4 Å². The first-order chi connectivity index (χ1) is 8.49. The number of carbonyl (C=O) groups is 1. The maximum atomic E-state index is 12.0. The molecule has 1 amide bonds. The van der Waals surface area contributed by atoms with Crippen LogP contribution in [0.5, 0.6) is 0 Å². The Labute approximate surface area is 111 Å². The van der Waals surface area contributed by atoms with E-state index in [9.17, 15) is 9.90 Å². The lowest BCUT2D eigenvalue weighted by Gasteiger charge is -2.29. The number of aliphatic hydroxyl groups is 1. The number of rotatable bonds is 3. The maximum Gasteiger partial charge on any atom is 0.237 e. The number of amides is 1. The molecule has 0 spiro atoms. The number of nitrogens with zero attached hydrogens (tertiary/aromatic N) is 1. The largest absolute Gasteiger partial charge is 0.389 e. The molecule has 2 rings (SSSR count). The molecule has 4 heteroatoms. The molecule has 1 aromatic carbocycles. The molecule has 1 N–H and O–H groups in total. The summed E-state index contributed by atoms with van der Waals surface area (Å²) in [5, 5.41) is 9.63. The number of anilines is 1. The molecular formula is C14H17NO2S. The number of hydrogen-bond acceptors (Lipinski definition) is 3. The zero-order valence-electron chi connectivity index (χ0n) is 10.6. The lowest BCUT2D eigenvalue weighted by Crippen LogP contribution is -2.36. The molecule has 0 bridgehead atoms. The van der Waals surface area contributed by atoms with Gasteiger partial charge in [0.1, 0.15) is 0 Å². The maximum absolute atomic E-state index is 12.0.